The molecule has 1 aromatic heterocycles. The Labute approximate surface area is 179 Å². The Balaban J connectivity index is 1.90. The van der Waals surface area contributed by atoms with Crippen LogP contribution in [-0.2, 0) is 16.5 Å². The first kappa shape index (κ1) is 24.8. The SMILES string of the molecule is CN(C)C1(CCNC(=O)OC(c2nccn2C)C(F)(F)F)CN(C(=O)OC(C)(C)C)C1. The van der Waals surface area contributed by atoms with Crippen LogP contribution in [0.4, 0.5) is 22.8 Å². The first-order chi connectivity index (χ1) is 14.1. The minimum atomic E-state index is -4.80. The lowest BCUT2D eigenvalue weighted by molar-refractivity contribution is -0.209. The van der Waals surface area contributed by atoms with Gasteiger partial charge in [0.15, 0.2) is 5.82 Å². The van der Waals surface area contributed by atoms with Gasteiger partial charge in [-0.3, -0.25) is 0 Å². The summed E-state index contributed by atoms with van der Waals surface area (Å²) < 4.78 is 51.1. The molecule has 1 aromatic rings. The van der Waals surface area contributed by atoms with Crippen LogP contribution in [0.25, 0.3) is 0 Å². The predicted molar refractivity (Wildman–Crippen MR) is 105 cm³/mol. The number of carbonyl (C=O) groups is 2. The number of alkyl halides is 3. The highest BCUT2D eigenvalue weighted by atomic mass is 19.4. The molecule has 0 aromatic carbocycles. The molecule has 1 N–H and O–H groups in total. The first-order valence-electron chi connectivity index (χ1n) is 9.78. The zero-order valence-corrected chi connectivity index (χ0v) is 18.6. The standard InChI is InChI=1S/C19H30F3N5O4/c1-17(2,3)31-16(29)27-11-18(12-27,25(4)5)7-8-24-15(28)30-13(19(20,21)22)14-23-9-10-26(14)6/h9-10,13H,7-8,11-12H2,1-6H3,(H,24,28). The summed E-state index contributed by atoms with van der Waals surface area (Å²) in [5.74, 6) is -0.417. The van der Waals surface area contributed by atoms with Crippen molar-refractivity contribution in [3.05, 3.63) is 18.2 Å². The van der Waals surface area contributed by atoms with Crippen molar-refractivity contribution in [1.29, 1.82) is 0 Å². The molecule has 2 rings (SSSR count). The molecule has 1 aliphatic rings. The number of hydrogen-bond acceptors (Lipinski definition) is 6. The van der Waals surface area contributed by atoms with Crippen molar-refractivity contribution in [2.45, 2.75) is 50.6 Å². The molecule has 0 bridgehead atoms. The van der Waals surface area contributed by atoms with Crippen molar-refractivity contribution in [2.75, 3.05) is 33.7 Å². The molecule has 31 heavy (non-hydrogen) atoms. The van der Waals surface area contributed by atoms with Gasteiger partial charge in [0.1, 0.15) is 5.60 Å². The van der Waals surface area contributed by atoms with Crippen molar-refractivity contribution >= 4 is 12.2 Å². The fourth-order valence-corrected chi connectivity index (χ4v) is 3.23. The number of imidazole rings is 1. The zero-order valence-electron chi connectivity index (χ0n) is 18.6. The molecule has 176 valence electrons. The second-order valence-electron chi connectivity index (χ2n) is 8.86. The molecule has 1 atom stereocenters. The van der Waals surface area contributed by atoms with E-state index in [2.05, 4.69) is 15.0 Å². The highest BCUT2D eigenvalue weighted by Gasteiger charge is 2.49. The van der Waals surface area contributed by atoms with Crippen molar-refractivity contribution in [1.82, 2.24) is 24.7 Å². The van der Waals surface area contributed by atoms with Gasteiger partial charge in [0, 0.05) is 39.1 Å². The zero-order chi connectivity index (χ0) is 23.6. The first-order valence-corrected chi connectivity index (χ1v) is 9.78. The van der Waals surface area contributed by atoms with Gasteiger partial charge in [-0.25, -0.2) is 14.6 Å². The fraction of sp³-hybridized carbons (Fsp3) is 0.737. The number of nitrogens with one attached hydrogen (secondary N) is 1. The third-order valence-electron chi connectivity index (χ3n) is 5.05. The van der Waals surface area contributed by atoms with Crippen LogP contribution in [0.3, 0.4) is 0 Å². The lowest BCUT2D eigenvalue weighted by Crippen LogP contribution is -2.70. The number of likely N-dealkylation sites (N-methyl/N-ethyl adjacent to an activating group) is 1. The molecular formula is C19H30F3N5O4. The quantitative estimate of drug-likeness (QED) is 0.719. The van der Waals surface area contributed by atoms with E-state index < -0.39 is 41.4 Å². The third-order valence-corrected chi connectivity index (χ3v) is 5.05. The van der Waals surface area contributed by atoms with Crippen molar-refractivity contribution in [2.24, 2.45) is 7.05 Å². The van der Waals surface area contributed by atoms with Crippen LogP contribution in [0, 0.1) is 0 Å². The van der Waals surface area contributed by atoms with E-state index in [1.807, 2.05) is 19.0 Å². The largest absolute Gasteiger partial charge is 0.444 e. The van der Waals surface area contributed by atoms with Crippen molar-refractivity contribution in [3.8, 4) is 0 Å². The topological polar surface area (TPSA) is 88.9 Å². The van der Waals surface area contributed by atoms with Crippen LogP contribution in [-0.4, -0.2) is 82.6 Å². The Morgan fingerprint density at radius 1 is 1.29 bits per heavy atom. The number of ether oxygens (including phenoxy) is 2. The Kier molecular flexibility index (Phi) is 7.14. The molecule has 0 radical (unpaired) electrons. The predicted octanol–water partition coefficient (Wildman–Crippen LogP) is 2.69. The molecule has 1 aliphatic heterocycles. The summed E-state index contributed by atoms with van der Waals surface area (Å²) in [6, 6.07) is 0. The second kappa shape index (κ2) is 8.93. The smallest absolute Gasteiger partial charge is 0.433 e. The summed E-state index contributed by atoms with van der Waals surface area (Å²) in [4.78, 5) is 31.3. The normalized spacial score (nSPS) is 17.2. The van der Waals surface area contributed by atoms with E-state index in [1.54, 1.807) is 25.7 Å². The van der Waals surface area contributed by atoms with E-state index in [-0.39, 0.29) is 6.54 Å². The minimum absolute atomic E-state index is 0.0737. The molecule has 1 saturated heterocycles. The van der Waals surface area contributed by atoms with Gasteiger partial charge >= 0.3 is 18.4 Å². The molecule has 0 spiro atoms. The maximum atomic E-state index is 13.3. The number of halogens is 3. The molecule has 12 heteroatoms. The van der Waals surface area contributed by atoms with Crippen LogP contribution < -0.4 is 5.32 Å². The van der Waals surface area contributed by atoms with Crippen LogP contribution in [0.5, 0.6) is 0 Å². The molecule has 9 nitrogen and oxygen atoms in total. The fourth-order valence-electron chi connectivity index (χ4n) is 3.23. The van der Waals surface area contributed by atoms with Crippen LogP contribution in [0.15, 0.2) is 12.4 Å². The van der Waals surface area contributed by atoms with Gasteiger partial charge in [-0.2, -0.15) is 13.2 Å². The van der Waals surface area contributed by atoms with Gasteiger partial charge in [0.05, 0.1) is 5.54 Å². The Morgan fingerprint density at radius 2 is 1.90 bits per heavy atom. The summed E-state index contributed by atoms with van der Waals surface area (Å²) >= 11 is 0. The minimum Gasteiger partial charge on any atom is -0.444 e. The number of amides is 2. The van der Waals surface area contributed by atoms with Crippen molar-refractivity contribution in [3.63, 3.8) is 0 Å². The maximum absolute atomic E-state index is 13.3. The van der Waals surface area contributed by atoms with Crippen LogP contribution in [0.2, 0.25) is 0 Å². The van der Waals surface area contributed by atoms with E-state index in [9.17, 15) is 22.8 Å². The summed E-state index contributed by atoms with van der Waals surface area (Å²) in [7, 11) is 5.06. The molecule has 1 unspecified atom stereocenters. The molecular weight excluding hydrogens is 419 g/mol. The Bertz CT molecular complexity index is 782. The number of nitrogens with zero attached hydrogens (tertiary/aromatic N) is 4. The van der Waals surface area contributed by atoms with Gasteiger partial charge in [-0.1, -0.05) is 0 Å². The van der Waals surface area contributed by atoms with E-state index in [0.717, 1.165) is 4.57 Å². The maximum Gasteiger partial charge on any atom is 0.433 e. The molecule has 0 aliphatic carbocycles. The lowest BCUT2D eigenvalue weighted by atomic mass is 9.85. The number of alkyl carbamates (subject to hydrolysis) is 1. The highest BCUT2D eigenvalue weighted by molar-refractivity contribution is 5.70. The summed E-state index contributed by atoms with van der Waals surface area (Å²) in [6.07, 6.45) is -5.95. The Morgan fingerprint density at radius 3 is 2.35 bits per heavy atom. The van der Waals surface area contributed by atoms with Crippen molar-refractivity contribution < 1.29 is 32.2 Å². The second-order valence-corrected chi connectivity index (χ2v) is 8.86. The van der Waals surface area contributed by atoms with Gasteiger partial charge in [0.25, 0.3) is 6.10 Å². The highest BCUT2D eigenvalue weighted by Crippen LogP contribution is 2.35. The average molecular weight is 449 g/mol. The van der Waals surface area contributed by atoms with Gasteiger partial charge < -0.3 is 29.2 Å². The van der Waals surface area contributed by atoms with Gasteiger partial charge in [0.2, 0.25) is 0 Å². The molecule has 2 heterocycles. The average Bonchev–Trinajstić information content (AvgIpc) is 2.97. The molecule has 0 saturated carbocycles. The lowest BCUT2D eigenvalue weighted by Gasteiger charge is -2.53. The summed E-state index contributed by atoms with van der Waals surface area (Å²) in [6.45, 7) is 6.16. The number of aryl methyl sites for hydroxylation is 1. The number of carbonyl (C=O) groups excluding carboxylic acids is 2. The van der Waals surface area contributed by atoms with E-state index in [4.69, 9.17) is 4.74 Å². The third kappa shape index (κ3) is 6.25. The Hall–Kier alpha value is -2.50. The monoisotopic (exact) mass is 449 g/mol. The van der Waals surface area contributed by atoms with Gasteiger partial charge in [-0.15, -0.1) is 0 Å². The van der Waals surface area contributed by atoms with Crippen LogP contribution >= 0.6 is 0 Å². The molecule has 1 fully saturated rings. The number of rotatable bonds is 6. The van der Waals surface area contributed by atoms with Crippen LogP contribution in [0.1, 0.15) is 39.1 Å². The van der Waals surface area contributed by atoms with E-state index in [1.165, 1.54) is 19.4 Å². The van der Waals surface area contributed by atoms with E-state index >= 15 is 0 Å². The van der Waals surface area contributed by atoms with E-state index in [0.29, 0.717) is 19.5 Å². The summed E-state index contributed by atoms with van der Waals surface area (Å²) in [5.41, 5.74) is -1.03. The number of aromatic nitrogens is 2. The summed E-state index contributed by atoms with van der Waals surface area (Å²) in [5, 5.41) is 2.37. The number of hydrogen-bond donors (Lipinski definition) is 1. The van der Waals surface area contributed by atoms with Gasteiger partial charge in [-0.05, 0) is 41.3 Å². The number of likely N-dealkylation sites (tertiary alicyclic amines) is 1. The molecule has 2 amide bonds.